The highest BCUT2D eigenvalue weighted by atomic mass is 35.5. The van der Waals surface area contributed by atoms with E-state index in [1.807, 2.05) is 13.8 Å². The molecule has 0 amide bonds. The van der Waals surface area contributed by atoms with Crippen LogP contribution in [0.3, 0.4) is 0 Å². The predicted octanol–water partition coefficient (Wildman–Crippen LogP) is 2.17. The van der Waals surface area contributed by atoms with E-state index in [2.05, 4.69) is 15.0 Å². The molecule has 0 saturated heterocycles. The van der Waals surface area contributed by atoms with Crippen molar-refractivity contribution in [3.05, 3.63) is 10.8 Å². The molecular formula is C8H10ClN3O. The topological polar surface area (TPSA) is 47.4 Å². The summed E-state index contributed by atoms with van der Waals surface area (Å²) in [5.74, 6) is 1.000. The van der Waals surface area contributed by atoms with E-state index >= 15 is 0 Å². The molecule has 1 aromatic heterocycles. The van der Waals surface area contributed by atoms with Crippen LogP contribution in [0, 0.1) is 6.92 Å². The molecule has 1 aromatic rings. The van der Waals surface area contributed by atoms with Crippen LogP contribution in [0.25, 0.3) is 0 Å². The Bertz CT molecular complexity index is 338. The number of halogens is 1. The second-order valence-electron chi connectivity index (χ2n) is 2.34. The highest BCUT2D eigenvalue weighted by Gasteiger charge is 2.08. The molecule has 0 radical (unpaired) electrons. The first-order chi connectivity index (χ1) is 6.19. The van der Waals surface area contributed by atoms with Gasteiger partial charge in [-0.1, -0.05) is 0 Å². The van der Waals surface area contributed by atoms with Crippen LogP contribution < -0.4 is 4.74 Å². The molecule has 0 aromatic carbocycles. The Morgan fingerprint density at radius 2 is 2.15 bits per heavy atom. The van der Waals surface area contributed by atoms with Crippen LogP contribution in [0.2, 0.25) is 5.28 Å². The van der Waals surface area contributed by atoms with E-state index in [0.29, 0.717) is 11.7 Å². The van der Waals surface area contributed by atoms with Gasteiger partial charge < -0.3 is 4.74 Å². The molecule has 0 unspecified atom stereocenters. The summed E-state index contributed by atoms with van der Waals surface area (Å²) in [6, 6.07) is 0. The molecule has 0 bridgehead atoms. The lowest BCUT2D eigenvalue weighted by Crippen LogP contribution is -1.94. The Labute approximate surface area is 81.6 Å². The molecule has 0 N–H and O–H groups in total. The van der Waals surface area contributed by atoms with E-state index in [-0.39, 0.29) is 5.28 Å². The molecular weight excluding hydrogens is 190 g/mol. The van der Waals surface area contributed by atoms with Gasteiger partial charge in [0.15, 0.2) is 5.82 Å². The fraction of sp³-hybridized carbons (Fsp3) is 0.375. The third-order valence-electron chi connectivity index (χ3n) is 1.49. The van der Waals surface area contributed by atoms with Crippen LogP contribution >= 0.6 is 11.6 Å². The highest BCUT2D eigenvalue weighted by molar-refractivity contribution is 6.28. The van der Waals surface area contributed by atoms with Gasteiger partial charge in [0.05, 0.1) is 12.7 Å². The Hall–Kier alpha value is -1.16. The van der Waals surface area contributed by atoms with E-state index in [4.69, 9.17) is 16.3 Å². The standard InChI is InChI=1S/C8H10ClN3O/c1-4-10-6-5(2)7(13-3)12-8(9)11-6/h4H,1-3H3/b10-4-. The van der Waals surface area contributed by atoms with Gasteiger partial charge in [-0.05, 0) is 25.4 Å². The number of nitrogens with zero attached hydrogens (tertiary/aromatic N) is 3. The third-order valence-corrected chi connectivity index (χ3v) is 1.66. The molecule has 70 valence electrons. The van der Waals surface area contributed by atoms with E-state index in [0.717, 1.165) is 5.56 Å². The average molecular weight is 200 g/mol. The minimum Gasteiger partial charge on any atom is -0.481 e. The van der Waals surface area contributed by atoms with E-state index in [9.17, 15) is 0 Å². The fourth-order valence-corrected chi connectivity index (χ4v) is 1.06. The molecule has 0 aliphatic heterocycles. The SMILES string of the molecule is C/C=N\c1nc(Cl)nc(OC)c1C. The van der Waals surface area contributed by atoms with Crippen LogP contribution in [0.5, 0.6) is 5.88 Å². The molecule has 5 heteroatoms. The van der Waals surface area contributed by atoms with Crippen molar-refractivity contribution in [2.75, 3.05) is 7.11 Å². The minimum atomic E-state index is 0.142. The van der Waals surface area contributed by atoms with Crippen LogP contribution in [-0.4, -0.2) is 23.3 Å². The van der Waals surface area contributed by atoms with Gasteiger partial charge in [-0.25, -0.2) is 4.99 Å². The van der Waals surface area contributed by atoms with Gasteiger partial charge in [0.1, 0.15) is 0 Å². The van der Waals surface area contributed by atoms with Crippen molar-refractivity contribution >= 4 is 23.6 Å². The first-order valence-corrected chi connectivity index (χ1v) is 4.13. The monoisotopic (exact) mass is 199 g/mol. The fourth-order valence-electron chi connectivity index (χ4n) is 0.906. The van der Waals surface area contributed by atoms with Gasteiger partial charge in [0, 0.05) is 6.21 Å². The summed E-state index contributed by atoms with van der Waals surface area (Å²) >= 11 is 5.66. The second-order valence-corrected chi connectivity index (χ2v) is 2.68. The summed E-state index contributed by atoms with van der Waals surface area (Å²) in [4.78, 5) is 11.9. The normalized spacial score (nSPS) is 10.8. The van der Waals surface area contributed by atoms with Gasteiger partial charge in [-0.3, -0.25) is 0 Å². The van der Waals surface area contributed by atoms with Crippen LogP contribution in [0.15, 0.2) is 4.99 Å². The van der Waals surface area contributed by atoms with Crippen molar-refractivity contribution in [2.24, 2.45) is 4.99 Å². The summed E-state index contributed by atoms with van der Waals surface area (Å²) in [6.45, 7) is 3.64. The lowest BCUT2D eigenvalue weighted by molar-refractivity contribution is 0.394. The molecule has 0 spiro atoms. The Kier molecular flexibility index (Phi) is 3.19. The maximum atomic E-state index is 5.66. The van der Waals surface area contributed by atoms with Crippen LogP contribution in [0.4, 0.5) is 5.82 Å². The summed E-state index contributed by atoms with van der Waals surface area (Å²) in [6.07, 6.45) is 1.64. The van der Waals surface area contributed by atoms with Crippen molar-refractivity contribution in [3.8, 4) is 5.88 Å². The second kappa shape index (κ2) is 4.18. The van der Waals surface area contributed by atoms with Crippen molar-refractivity contribution in [2.45, 2.75) is 13.8 Å². The maximum absolute atomic E-state index is 5.66. The van der Waals surface area contributed by atoms with Crippen LogP contribution in [-0.2, 0) is 0 Å². The number of methoxy groups -OCH3 is 1. The van der Waals surface area contributed by atoms with Gasteiger partial charge in [0.2, 0.25) is 11.2 Å². The van der Waals surface area contributed by atoms with E-state index < -0.39 is 0 Å². The zero-order chi connectivity index (χ0) is 9.84. The summed E-state index contributed by atoms with van der Waals surface area (Å²) in [5.41, 5.74) is 0.782. The van der Waals surface area contributed by atoms with Gasteiger partial charge >= 0.3 is 0 Å². The first kappa shape index (κ1) is 9.92. The number of ether oxygens (including phenoxy) is 1. The van der Waals surface area contributed by atoms with Crippen LogP contribution in [0.1, 0.15) is 12.5 Å². The molecule has 4 nitrogen and oxygen atoms in total. The van der Waals surface area contributed by atoms with Gasteiger partial charge in [-0.2, -0.15) is 9.97 Å². The quantitative estimate of drug-likeness (QED) is 0.542. The van der Waals surface area contributed by atoms with Crippen molar-refractivity contribution in [1.29, 1.82) is 0 Å². The summed E-state index contributed by atoms with van der Waals surface area (Å²) in [7, 11) is 1.53. The number of hydrogen-bond donors (Lipinski definition) is 0. The van der Waals surface area contributed by atoms with Crippen molar-refractivity contribution in [1.82, 2.24) is 9.97 Å². The molecule has 1 heterocycles. The lowest BCUT2D eigenvalue weighted by Gasteiger charge is -2.04. The van der Waals surface area contributed by atoms with Gasteiger partial charge in [-0.15, -0.1) is 0 Å². The zero-order valence-corrected chi connectivity index (χ0v) is 8.46. The molecule has 13 heavy (non-hydrogen) atoms. The largest absolute Gasteiger partial charge is 0.481 e. The average Bonchev–Trinajstić information content (AvgIpc) is 2.11. The summed E-state index contributed by atoms with van der Waals surface area (Å²) in [5, 5.41) is 0.142. The Balaban J connectivity index is 3.26. The molecule has 0 aliphatic rings. The smallest absolute Gasteiger partial charge is 0.227 e. The number of aromatic nitrogens is 2. The Morgan fingerprint density at radius 3 is 2.69 bits per heavy atom. The molecule has 0 atom stereocenters. The molecule has 0 fully saturated rings. The molecule has 1 rings (SSSR count). The van der Waals surface area contributed by atoms with E-state index in [1.165, 1.54) is 7.11 Å². The number of hydrogen-bond acceptors (Lipinski definition) is 4. The minimum absolute atomic E-state index is 0.142. The molecule has 0 aliphatic carbocycles. The van der Waals surface area contributed by atoms with Crippen molar-refractivity contribution in [3.63, 3.8) is 0 Å². The highest BCUT2D eigenvalue weighted by Crippen LogP contribution is 2.25. The summed E-state index contributed by atoms with van der Waals surface area (Å²) < 4.78 is 5.00. The first-order valence-electron chi connectivity index (χ1n) is 3.75. The lowest BCUT2D eigenvalue weighted by atomic mass is 10.3. The number of rotatable bonds is 2. The maximum Gasteiger partial charge on any atom is 0.227 e. The van der Waals surface area contributed by atoms with E-state index in [1.54, 1.807) is 6.21 Å². The van der Waals surface area contributed by atoms with Crippen molar-refractivity contribution < 1.29 is 4.74 Å². The number of aliphatic imine (C=N–C) groups is 1. The third kappa shape index (κ3) is 2.15. The predicted molar refractivity (Wildman–Crippen MR) is 52.2 cm³/mol. The van der Waals surface area contributed by atoms with Gasteiger partial charge in [0.25, 0.3) is 0 Å². The zero-order valence-electron chi connectivity index (χ0n) is 7.71. The Morgan fingerprint density at radius 1 is 1.46 bits per heavy atom. The molecule has 0 saturated carbocycles.